The number of para-hydroxylation sites is 1. The molecule has 0 spiro atoms. The summed E-state index contributed by atoms with van der Waals surface area (Å²) in [7, 11) is 0. The van der Waals surface area contributed by atoms with Gasteiger partial charge in [-0.1, -0.05) is 18.2 Å². The Labute approximate surface area is 102 Å². The number of carbonyl (C=O) groups excluding carboxylic acids is 1. The summed E-state index contributed by atoms with van der Waals surface area (Å²) in [6.07, 6.45) is 0. The van der Waals surface area contributed by atoms with Crippen LogP contribution in [-0.2, 0) is 4.79 Å². The van der Waals surface area contributed by atoms with Gasteiger partial charge in [0.2, 0.25) is 0 Å². The molecule has 0 saturated carbocycles. The van der Waals surface area contributed by atoms with Crippen LogP contribution in [0.25, 0.3) is 11.0 Å². The van der Waals surface area contributed by atoms with Gasteiger partial charge in [-0.25, -0.2) is 4.79 Å². The predicted molar refractivity (Wildman–Crippen MR) is 62.2 cm³/mol. The van der Waals surface area contributed by atoms with Crippen LogP contribution in [0, 0.1) is 0 Å². The Morgan fingerprint density at radius 3 is 2.67 bits per heavy atom. The van der Waals surface area contributed by atoms with Crippen LogP contribution in [0.15, 0.2) is 34.7 Å². The van der Waals surface area contributed by atoms with Gasteiger partial charge in [0.05, 0.1) is 6.61 Å². The summed E-state index contributed by atoms with van der Waals surface area (Å²) in [4.78, 5) is 22.4. The standard InChI is InChI=1S/C12H11NO5/c14-6-8(12(16)17)13-11(15)10-5-7-3-1-2-4-9(7)18-10/h1-5,8,14H,6H2,(H,13,15)(H,16,17)/t8-/m0/s1. The smallest absolute Gasteiger partial charge is 0.328 e. The van der Waals surface area contributed by atoms with Gasteiger partial charge in [0, 0.05) is 5.39 Å². The first kappa shape index (κ1) is 12.1. The number of aliphatic carboxylic acids is 1. The van der Waals surface area contributed by atoms with Crippen molar-refractivity contribution in [1.82, 2.24) is 5.32 Å². The number of nitrogens with one attached hydrogen (secondary N) is 1. The number of aliphatic hydroxyl groups excluding tert-OH is 1. The lowest BCUT2D eigenvalue weighted by Gasteiger charge is -2.09. The fourth-order valence-electron chi connectivity index (χ4n) is 1.51. The highest BCUT2D eigenvalue weighted by atomic mass is 16.4. The minimum Gasteiger partial charge on any atom is -0.480 e. The molecular formula is C12H11NO5. The molecule has 1 aromatic heterocycles. The fraction of sp³-hybridized carbons (Fsp3) is 0.167. The second-order valence-electron chi connectivity index (χ2n) is 3.70. The first-order valence-corrected chi connectivity index (χ1v) is 5.25. The number of rotatable bonds is 4. The van der Waals surface area contributed by atoms with E-state index in [1.165, 1.54) is 6.07 Å². The zero-order valence-electron chi connectivity index (χ0n) is 9.29. The maximum Gasteiger partial charge on any atom is 0.328 e. The van der Waals surface area contributed by atoms with Crippen molar-refractivity contribution in [2.75, 3.05) is 6.61 Å². The van der Waals surface area contributed by atoms with Gasteiger partial charge in [-0.2, -0.15) is 0 Å². The number of carboxylic acid groups (broad SMARTS) is 1. The highest BCUT2D eigenvalue weighted by molar-refractivity contribution is 5.97. The minimum absolute atomic E-state index is 0.0101. The number of hydrogen-bond acceptors (Lipinski definition) is 4. The third-order valence-electron chi connectivity index (χ3n) is 2.44. The molecule has 0 aliphatic rings. The van der Waals surface area contributed by atoms with E-state index in [2.05, 4.69) is 5.32 Å². The van der Waals surface area contributed by atoms with Crippen LogP contribution in [0.1, 0.15) is 10.6 Å². The summed E-state index contributed by atoms with van der Waals surface area (Å²) in [6, 6.07) is 7.21. The van der Waals surface area contributed by atoms with Gasteiger partial charge in [-0.15, -0.1) is 0 Å². The Kier molecular flexibility index (Phi) is 3.29. The molecule has 0 saturated heterocycles. The zero-order chi connectivity index (χ0) is 13.1. The lowest BCUT2D eigenvalue weighted by Crippen LogP contribution is -2.43. The number of carboxylic acids is 1. The molecule has 0 unspecified atom stereocenters. The summed E-state index contributed by atoms with van der Waals surface area (Å²) in [5.41, 5.74) is 0.540. The van der Waals surface area contributed by atoms with E-state index < -0.39 is 24.5 Å². The lowest BCUT2D eigenvalue weighted by molar-refractivity contribution is -0.140. The van der Waals surface area contributed by atoms with E-state index in [4.69, 9.17) is 14.6 Å². The first-order chi connectivity index (χ1) is 8.61. The summed E-state index contributed by atoms with van der Waals surface area (Å²) in [6.45, 7) is -0.679. The first-order valence-electron chi connectivity index (χ1n) is 5.25. The summed E-state index contributed by atoms with van der Waals surface area (Å²) < 4.78 is 5.27. The van der Waals surface area contributed by atoms with Crippen LogP contribution in [0.5, 0.6) is 0 Å². The molecular weight excluding hydrogens is 238 g/mol. The molecule has 1 heterocycles. The molecule has 0 bridgehead atoms. The second-order valence-corrected chi connectivity index (χ2v) is 3.70. The lowest BCUT2D eigenvalue weighted by atomic mass is 10.2. The molecule has 1 amide bonds. The molecule has 2 rings (SSSR count). The summed E-state index contributed by atoms with van der Waals surface area (Å²) >= 11 is 0. The maximum atomic E-state index is 11.7. The molecule has 0 radical (unpaired) electrons. The SMILES string of the molecule is O=C(N[C@@H](CO)C(=O)O)c1cc2ccccc2o1. The van der Waals surface area contributed by atoms with E-state index in [1.54, 1.807) is 24.3 Å². The number of aliphatic hydroxyl groups is 1. The zero-order valence-corrected chi connectivity index (χ0v) is 9.29. The van der Waals surface area contributed by atoms with E-state index in [0.717, 1.165) is 5.39 Å². The van der Waals surface area contributed by atoms with E-state index in [1.807, 2.05) is 0 Å². The van der Waals surface area contributed by atoms with Crippen molar-refractivity contribution in [3.8, 4) is 0 Å². The van der Waals surface area contributed by atoms with E-state index in [0.29, 0.717) is 5.58 Å². The number of carbonyl (C=O) groups is 2. The minimum atomic E-state index is -1.34. The Morgan fingerprint density at radius 1 is 1.33 bits per heavy atom. The molecule has 0 aliphatic carbocycles. The van der Waals surface area contributed by atoms with E-state index in [9.17, 15) is 9.59 Å². The van der Waals surface area contributed by atoms with Gasteiger partial charge >= 0.3 is 5.97 Å². The molecule has 1 aromatic carbocycles. The topological polar surface area (TPSA) is 99.8 Å². The molecule has 6 nitrogen and oxygen atoms in total. The van der Waals surface area contributed by atoms with Crippen molar-refractivity contribution in [1.29, 1.82) is 0 Å². The van der Waals surface area contributed by atoms with Crippen molar-refractivity contribution in [2.45, 2.75) is 6.04 Å². The molecule has 3 N–H and O–H groups in total. The van der Waals surface area contributed by atoms with Gasteiger partial charge < -0.3 is 19.9 Å². The molecule has 1 atom stereocenters. The highest BCUT2D eigenvalue weighted by Gasteiger charge is 2.21. The van der Waals surface area contributed by atoms with Crippen LogP contribution in [0.2, 0.25) is 0 Å². The van der Waals surface area contributed by atoms with Crippen molar-refractivity contribution in [3.05, 3.63) is 36.1 Å². The van der Waals surface area contributed by atoms with Crippen LogP contribution < -0.4 is 5.32 Å². The maximum absolute atomic E-state index is 11.7. The van der Waals surface area contributed by atoms with Crippen LogP contribution in [-0.4, -0.2) is 34.7 Å². The number of fused-ring (bicyclic) bond motifs is 1. The third-order valence-corrected chi connectivity index (χ3v) is 2.44. The number of furan rings is 1. The van der Waals surface area contributed by atoms with Crippen LogP contribution in [0.4, 0.5) is 0 Å². The average Bonchev–Trinajstić information content (AvgIpc) is 2.79. The Morgan fingerprint density at radius 2 is 2.06 bits per heavy atom. The van der Waals surface area contributed by atoms with Gasteiger partial charge in [0.1, 0.15) is 5.58 Å². The predicted octanol–water partition coefficient (Wildman–Crippen LogP) is 0.608. The molecule has 0 fully saturated rings. The molecule has 0 aliphatic heterocycles. The summed E-state index contributed by atoms with van der Waals surface area (Å²) in [5.74, 6) is -1.97. The summed E-state index contributed by atoms with van der Waals surface area (Å²) in [5, 5.41) is 20.4. The molecule has 2 aromatic rings. The number of benzene rings is 1. The van der Waals surface area contributed by atoms with Gasteiger partial charge in [-0.3, -0.25) is 4.79 Å². The normalized spacial score (nSPS) is 12.3. The number of amides is 1. The van der Waals surface area contributed by atoms with E-state index in [-0.39, 0.29) is 5.76 Å². The average molecular weight is 249 g/mol. The molecule has 6 heteroatoms. The van der Waals surface area contributed by atoms with Gasteiger partial charge in [0.25, 0.3) is 5.91 Å². The Bertz CT molecular complexity index is 556. The second kappa shape index (κ2) is 4.89. The molecule has 18 heavy (non-hydrogen) atoms. The molecule has 94 valence electrons. The quantitative estimate of drug-likeness (QED) is 0.737. The van der Waals surface area contributed by atoms with Crippen molar-refractivity contribution in [3.63, 3.8) is 0 Å². The van der Waals surface area contributed by atoms with Crippen molar-refractivity contribution < 1.29 is 24.2 Å². The van der Waals surface area contributed by atoms with Crippen LogP contribution >= 0.6 is 0 Å². The van der Waals surface area contributed by atoms with Crippen molar-refractivity contribution >= 4 is 22.8 Å². The van der Waals surface area contributed by atoms with Gasteiger partial charge in [0.15, 0.2) is 11.8 Å². The third kappa shape index (κ3) is 2.33. The number of hydrogen-bond donors (Lipinski definition) is 3. The monoisotopic (exact) mass is 249 g/mol. The van der Waals surface area contributed by atoms with E-state index >= 15 is 0 Å². The van der Waals surface area contributed by atoms with Crippen molar-refractivity contribution in [2.24, 2.45) is 0 Å². The largest absolute Gasteiger partial charge is 0.480 e. The highest BCUT2D eigenvalue weighted by Crippen LogP contribution is 2.18. The fourth-order valence-corrected chi connectivity index (χ4v) is 1.51. The van der Waals surface area contributed by atoms with Gasteiger partial charge in [-0.05, 0) is 12.1 Å². The Hall–Kier alpha value is -2.34. The Balaban J connectivity index is 2.20. The van der Waals surface area contributed by atoms with Crippen LogP contribution in [0.3, 0.4) is 0 Å².